The number of ether oxygens (including phenoxy) is 1. The van der Waals surface area contributed by atoms with Crippen LogP contribution in [0.5, 0.6) is 0 Å². The third-order valence-electron chi connectivity index (χ3n) is 6.31. The van der Waals surface area contributed by atoms with Crippen molar-refractivity contribution in [3.05, 3.63) is 35.4 Å². The van der Waals surface area contributed by atoms with Crippen molar-refractivity contribution in [2.24, 2.45) is 4.99 Å². The van der Waals surface area contributed by atoms with E-state index in [9.17, 15) is 0 Å². The molecule has 0 aromatic heterocycles. The van der Waals surface area contributed by atoms with Crippen LogP contribution in [0.4, 0.5) is 0 Å². The molecule has 2 saturated heterocycles. The number of nitrogens with zero attached hydrogens (tertiary/aromatic N) is 2. The van der Waals surface area contributed by atoms with Crippen molar-refractivity contribution in [1.82, 2.24) is 15.5 Å². The minimum atomic E-state index is 0. The fraction of sp³-hybridized carbons (Fsp3) is 0.708. The summed E-state index contributed by atoms with van der Waals surface area (Å²) in [4.78, 5) is 7.61. The van der Waals surface area contributed by atoms with Crippen LogP contribution in [-0.4, -0.2) is 66.8 Å². The molecule has 3 rings (SSSR count). The maximum absolute atomic E-state index is 5.61. The summed E-state index contributed by atoms with van der Waals surface area (Å²) in [6.45, 7) is 13.4. The van der Waals surface area contributed by atoms with Crippen LogP contribution in [-0.2, 0) is 11.3 Å². The number of guanidine groups is 1. The van der Waals surface area contributed by atoms with Gasteiger partial charge in [-0.25, -0.2) is 0 Å². The molecule has 2 N–H and O–H groups in total. The second-order valence-corrected chi connectivity index (χ2v) is 10.3. The SMILES string of the molecule is CCNC(=NCC1(SCC)CCOCC1)NC1CCN(Cc2ccccc2C)CC1.I. The summed E-state index contributed by atoms with van der Waals surface area (Å²) < 4.78 is 5.85. The van der Waals surface area contributed by atoms with Gasteiger partial charge in [-0.2, -0.15) is 11.8 Å². The van der Waals surface area contributed by atoms with E-state index in [0.717, 1.165) is 70.5 Å². The van der Waals surface area contributed by atoms with Gasteiger partial charge < -0.3 is 15.4 Å². The lowest BCUT2D eigenvalue weighted by atomic mass is 9.99. The highest BCUT2D eigenvalue weighted by Gasteiger charge is 2.32. The van der Waals surface area contributed by atoms with Crippen LogP contribution in [0.15, 0.2) is 29.3 Å². The summed E-state index contributed by atoms with van der Waals surface area (Å²) in [5.41, 5.74) is 2.85. The molecule has 31 heavy (non-hydrogen) atoms. The molecule has 0 amide bonds. The number of halogens is 1. The Kier molecular flexibility index (Phi) is 12.0. The topological polar surface area (TPSA) is 48.9 Å². The zero-order valence-electron chi connectivity index (χ0n) is 19.5. The molecule has 0 atom stereocenters. The van der Waals surface area contributed by atoms with E-state index in [1.807, 2.05) is 0 Å². The van der Waals surface area contributed by atoms with Gasteiger partial charge in [0.1, 0.15) is 0 Å². The first-order valence-electron chi connectivity index (χ1n) is 11.7. The number of hydrogen-bond donors (Lipinski definition) is 2. The Bertz CT molecular complexity index is 668. The lowest BCUT2D eigenvalue weighted by Crippen LogP contribution is -2.49. The average Bonchev–Trinajstić information content (AvgIpc) is 2.76. The van der Waals surface area contributed by atoms with Crippen LogP contribution >= 0.6 is 35.7 Å². The second-order valence-electron chi connectivity index (χ2n) is 8.54. The number of hydrogen-bond acceptors (Lipinski definition) is 4. The molecule has 0 spiro atoms. The number of aliphatic imine (C=N–C) groups is 1. The van der Waals surface area contributed by atoms with Crippen LogP contribution < -0.4 is 10.6 Å². The third kappa shape index (κ3) is 8.41. The summed E-state index contributed by atoms with van der Waals surface area (Å²) in [7, 11) is 0. The largest absolute Gasteiger partial charge is 0.381 e. The van der Waals surface area contributed by atoms with Gasteiger partial charge in [-0.15, -0.1) is 24.0 Å². The normalized spacial score (nSPS) is 20.2. The van der Waals surface area contributed by atoms with Crippen molar-refractivity contribution in [1.29, 1.82) is 0 Å². The van der Waals surface area contributed by atoms with Gasteiger partial charge in [0, 0.05) is 50.2 Å². The number of nitrogens with one attached hydrogen (secondary N) is 2. The lowest BCUT2D eigenvalue weighted by Gasteiger charge is -2.36. The van der Waals surface area contributed by atoms with Gasteiger partial charge in [-0.1, -0.05) is 31.2 Å². The molecular weight excluding hydrogens is 519 g/mol. The Labute approximate surface area is 210 Å². The van der Waals surface area contributed by atoms with Crippen molar-refractivity contribution in [3.63, 3.8) is 0 Å². The smallest absolute Gasteiger partial charge is 0.191 e. The first-order valence-corrected chi connectivity index (χ1v) is 12.7. The molecule has 0 aliphatic carbocycles. The van der Waals surface area contributed by atoms with Crippen LogP contribution in [0, 0.1) is 6.92 Å². The van der Waals surface area contributed by atoms with Gasteiger partial charge in [0.05, 0.1) is 6.54 Å². The number of thioether (sulfide) groups is 1. The predicted molar refractivity (Wildman–Crippen MR) is 145 cm³/mol. The summed E-state index contributed by atoms with van der Waals surface area (Å²) in [6.07, 6.45) is 4.54. The molecule has 0 radical (unpaired) electrons. The van der Waals surface area contributed by atoms with E-state index in [2.05, 4.69) is 72.3 Å². The van der Waals surface area contributed by atoms with E-state index >= 15 is 0 Å². The van der Waals surface area contributed by atoms with Crippen molar-refractivity contribution in [3.8, 4) is 0 Å². The van der Waals surface area contributed by atoms with Gasteiger partial charge in [0.15, 0.2) is 5.96 Å². The molecule has 1 aromatic rings. The van der Waals surface area contributed by atoms with E-state index in [4.69, 9.17) is 9.73 Å². The van der Waals surface area contributed by atoms with Gasteiger partial charge >= 0.3 is 0 Å². The maximum atomic E-state index is 5.61. The molecular formula is C24H41IN4OS. The van der Waals surface area contributed by atoms with Crippen LogP contribution in [0.25, 0.3) is 0 Å². The van der Waals surface area contributed by atoms with Crippen molar-refractivity contribution < 1.29 is 4.74 Å². The predicted octanol–water partition coefficient (Wildman–Crippen LogP) is 4.43. The minimum absolute atomic E-state index is 0. The first kappa shape index (κ1) is 26.7. The number of likely N-dealkylation sites (tertiary alicyclic amines) is 1. The summed E-state index contributed by atoms with van der Waals surface area (Å²) in [5, 5.41) is 7.20. The molecule has 2 heterocycles. The fourth-order valence-corrected chi connectivity index (χ4v) is 5.62. The van der Waals surface area contributed by atoms with E-state index in [-0.39, 0.29) is 28.7 Å². The summed E-state index contributed by atoms with van der Waals surface area (Å²) in [5.74, 6) is 2.12. The lowest BCUT2D eigenvalue weighted by molar-refractivity contribution is 0.0793. The molecule has 1 aromatic carbocycles. The number of benzene rings is 1. The molecule has 176 valence electrons. The summed E-state index contributed by atoms with van der Waals surface area (Å²) in [6, 6.07) is 9.25. The molecule has 0 saturated carbocycles. The zero-order valence-corrected chi connectivity index (χ0v) is 22.6. The molecule has 2 aliphatic heterocycles. The van der Waals surface area contributed by atoms with E-state index in [1.165, 1.54) is 24.0 Å². The zero-order chi connectivity index (χ0) is 21.2. The Morgan fingerprint density at radius 2 is 1.90 bits per heavy atom. The number of aryl methyl sites for hydroxylation is 1. The Morgan fingerprint density at radius 3 is 2.55 bits per heavy atom. The molecule has 2 aliphatic rings. The van der Waals surface area contributed by atoms with Gasteiger partial charge in [0.25, 0.3) is 0 Å². The molecule has 0 bridgehead atoms. The van der Waals surface area contributed by atoms with Gasteiger partial charge in [0.2, 0.25) is 0 Å². The highest BCUT2D eigenvalue weighted by Crippen LogP contribution is 2.35. The van der Waals surface area contributed by atoms with Crippen LogP contribution in [0.2, 0.25) is 0 Å². The third-order valence-corrected chi connectivity index (χ3v) is 7.75. The van der Waals surface area contributed by atoms with E-state index in [1.54, 1.807) is 0 Å². The monoisotopic (exact) mass is 560 g/mol. The molecule has 2 fully saturated rings. The molecule has 0 unspecified atom stereocenters. The highest BCUT2D eigenvalue weighted by atomic mass is 127. The van der Waals surface area contributed by atoms with Crippen LogP contribution in [0.3, 0.4) is 0 Å². The highest BCUT2D eigenvalue weighted by molar-refractivity contribution is 14.0. The Morgan fingerprint density at radius 1 is 1.19 bits per heavy atom. The van der Waals surface area contributed by atoms with Crippen molar-refractivity contribution in [2.75, 3.05) is 45.1 Å². The van der Waals surface area contributed by atoms with Crippen LogP contribution in [0.1, 0.15) is 50.7 Å². The fourth-order valence-electron chi connectivity index (χ4n) is 4.40. The number of rotatable bonds is 8. The van der Waals surface area contributed by atoms with Gasteiger partial charge in [-0.3, -0.25) is 9.89 Å². The quantitative estimate of drug-likeness (QED) is 0.280. The van der Waals surface area contributed by atoms with Gasteiger partial charge in [-0.05, 0) is 56.4 Å². The van der Waals surface area contributed by atoms with Crippen molar-refractivity contribution in [2.45, 2.75) is 63.8 Å². The van der Waals surface area contributed by atoms with E-state index < -0.39 is 0 Å². The first-order chi connectivity index (χ1) is 14.6. The minimum Gasteiger partial charge on any atom is -0.381 e. The average molecular weight is 561 g/mol. The second kappa shape index (κ2) is 13.9. The molecule has 5 nitrogen and oxygen atoms in total. The Balaban J connectivity index is 0.00000341. The maximum Gasteiger partial charge on any atom is 0.191 e. The molecule has 7 heteroatoms. The van der Waals surface area contributed by atoms with E-state index in [0.29, 0.717) is 6.04 Å². The Hall–Kier alpha value is -0.510. The standard InChI is InChI=1S/C24H40N4OS.HI/c1-4-25-23(26-19-24(30-5-2)12-16-29-17-13-24)27-22-10-14-28(15-11-22)18-21-9-7-6-8-20(21)3;/h6-9,22H,4-5,10-19H2,1-3H3,(H2,25,26,27);1H. The summed E-state index contributed by atoms with van der Waals surface area (Å²) >= 11 is 2.06. The van der Waals surface area contributed by atoms with Crippen molar-refractivity contribution >= 4 is 41.7 Å². The number of piperidine rings is 1.